The SMILES string of the molecule is CCC1C(=O)NC(CC)(CC)C(=O)N1C1(C)CCOC1. The van der Waals surface area contributed by atoms with E-state index in [2.05, 4.69) is 5.32 Å². The molecule has 2 heterocycles. The van der Waals surface area contributed by atoms with E-state index in [1.54, 1.807) is 0 Å². The zero-order valence-corrected chi connectivity index (χ0v) is 13.0. The van der Waals surface area contributed by atoms with Crippen molar-refractivity contribution in [3.8, 4) is 0 Å². The van der Waals surface area contributed by atoms with Gasteiger partial charge in [0, 0.05) is 6.61 Å². The Morgan fingerprint density at radius 2 is 1.95 bits per heavy atom. The molecular weight excluding hydrogens is 256 g/mol. The molecule has 2 unspecified atom stereocenters. The Morgan fingerprint density at radius 1 is 1.30 bits per heavy atom. The lowest BCUT2D eigenvalue weighted by atomic mass is 9.83. The molecule has 0 aromatic carbocycles. The van der Waals surface area contributed by atoms with Crippen LogP contribution in [0.25, 0.3) is 0 Å². The molecule has 2 fully saturated rings. The minimum Gasteiger partial charge on any atom is -0.379 e. The molecule has 114 valence electrons. The van der Waals surface area contributed by atoms with Crippen LogP contribution in [0.3, 0.4) is 0 Å². The van der Waals surface area contributed by atoms with Crippen molar-refractivity contribution in [1.82, 2.24) is 10.2 Å². The smallest absolute Gasteiger partial charge is 0.249 e. The van der Waals surface area contributed by atoms with E-state index < -0.39 is 5.54 Å². The van der Waals surface area contributed by atoms with E-state index >= 15 is 0 Å². The number of amides is 2. The molecule has 2 amide bonds. The molecule has 0 aromatic rings. The van der Waals surface area contributed by atoms with Gasteiger partial charge in [0.1, 0.15) is 11.6 Å². The average molecular weight is 282 g/mol. The Morgan fingerprint density at radius 3 is 2.40 bits per heavy atom. The number of carbonyl (C=O) groups excluding carboxylic acids is 2. The van der Waals surface area contributed by atoms with E-state index in [1.165, 1.54) is 0 Å². The summed E-state index contributed by atoms with van der Waals surface area (Å²) >= 11 is 0. The molecule has 5 heteroatoms. The van der Waals surface area contributed by atoms with Crippen molar-refractivity contribution in [1.29, 1.82) is 0 Å². The summed E-state index contributed by atoms with van der Waals surface area (Å²) in [5, 5.41) is 2.98. The van der Waals surface area contributed by atoms with E-state index in [9.17, 15) is 9.59 Å². The summed E-state index contributed by atoms with van der Waals surface area (Å²) < 4.78 is 5.50. The van der Waals surface area contributed by atoms with E-state index in [0.29, 0.717) is 32.5 Å². The first-order valence-electron chi connectivity index (χ1n) is 7.67. The first-order chi connectivity index (χ1) is 9.44. The van der Waals surface area contributed by atoms with E-state index in [0.717, 1.165) is 6.42 Å². The molecule has 0 spiro atoms. The molecule has 2 rings (SSSR count). The Hall–Kier alpha value is -1.10. The molecule has 20 heavy (non-hydrogen) atoms. The van der Waals surface area contributed by atoms with Crippen LogP contribution < -0.4 is 5.32 Å². The fraction of sp³-hybridized carbons (Fsp3) is 0.867. The molecule has 2 aliphatic heterocycles. The second kappa shape index (κ2) is 5.35. The van der Waals surface area contributed by atoms with Crippen LogP contribution in [0.5, 0.6) is 0 Å². The number of piperazine rings is 1. The zero-order valence-electron chi connectivity index (χ0n) is 13.0. The lowest BCUT2D eigenvalue weighted by Gasteiger charge is -2.51. The Labute approximate surface area is 121 Å². The Bertz CT molecular complexity index is 398. The third kappa shape index (κ3) is 2.12. The first-order valence-corrected chi connectivity index (χ1v) is 7.67. The normalized spacial score (nSPS) is 33.4. The van der Waals surface area contributed by atoms with Crippen LogP contribution in [0.15, 0.2) is 0 Å². The molecule has 0 bridgehead atoms. The second-order valence-corrected chi connectivity index (χ2v) is 6.18. The van der Waals surface area contributed by atoms with Gasteiger partial charge in [-0.1, -0.05) is 20.8 Å². The summed E-state index contributed by atoms with van der Waals surface area (Å²) in [6.07, 6.45) is 2.68. The van der Waals surface area contributed by atoms with Crippen LogP contribution in [-0.2, 0) is 14.3 Å². The highest BCUT2D eigenvalue weighted by Crippen LogP contribution is 2.35. The zero-order chi connectivity index (χ0) is 15.0. The van der Waals surface area contributed by atoms with Crippen molar-refractivity contribution in [2.45, 2.75) is 70.5 Å². The first kappa shape index (κ1) is 15.3. The predicted octanol–water partition coefficient (Wildman–Crippen LogP) is 1.46. The molecule has 1 N–H and O–H groups in total. The second-order valence-electron chi connectivity index (χ2n) is 6.18. The van der Waals surface area contributed by atoms with Crippen molar-refractivity contribution in [3.63, 3.8) is 0 Å². The molecule has 0 saturated carbocycles. The maximum atomic E-state index is 13.1. The quantitative estimate of drug-likeness (QED) is 0.849. The van der Waals surface area contributed by atoms with Gasteiger partial charge in [-0.3, -0.25) is 9.59 Å². The minimum absolute atomic E-state index is 0.0241. The Kier molecular flexibility index (Phi) is 4.09. The van der Waals surface area contributed by atoms with Crippen molar-refractivity contribution >= 4 is 11.8 Å². The summed E-state index contributed by atoms with van der Waals surface area (Å²) in [5.74, 6) is 0.0332. The van der Waals surface area contributed by atoms with Crippen molar-refractivity contribution in [2.75, 3.05) is 13.2 Å². The molecule has 0 aliphatic carbocycles. The summed E-state index contributed by atoms with van der Waals surface area (Å²) in [6, 6.07) is -0.375. The van der Waals surface area contributed by atoms with Gasteiger partial charge in [0.15, 0.2) is 0 Å². The van der Waals surface area contributed by atoms with Gasteiger partial charge in [-0.25, -0.2) is 0 Å². The standard InChI is InChI=1S/C15H26N2O3/c1-5-11-12(18)16-15(6-2,7-3)13(19)17(11)14(4)8-9-20-10-14/h11H,5-10H2,1-4H3,(H,16,18). The van der Waals surface area contributed by atoms with E-state index in [4.69, 9.17) is 4.74 Å². The van der Waals surface area contributed by atoms with E-state index in [-0.39, 0.29) is 23.4 Å². The van der Waals surface area contributed by atoms with Gasteiger partial charge >= 0.3 is 0 Å². The van der Waals surface area contributed by atoms with Gasteiger partial charge in [0.2, 0.25) is 11.8 Å². The average Bonchev–Trinajstić information content (AvgIpc) is 2.88. The molecular formula is C15H26N2O3. The number of hydrogen-bond donors (Lipinski definition) is 1. The van der Waals surface area contributed by atoms with Gasteiger partial charge in [-0.05, 0) is 32.6 Å². The highest BCUT2D eigenvalue weighted by molar-refractivity contribution is 6.00. The summed E-state index contributed by atoms with van der Waals surface area (Å²) in [5.41, 5.74) is -1.10. The van der Waals surface area contributed by atoms with Gasteiger partial charge in [-0.15, -0.1) is 0 Å². The fourth-order valence-electron chi connectivity index (χ4n) is 3.43. The maximum absolute atomic E-state index is 13.1. The van der Waals surface area contributed by atoms with Crippen LogP contribution in [-0.4, -0.2) is 47.0 Å². The minimum atomic E-state index is -0.742. The van der Waals surface area contributed by atoms with E-state index in [1.807, 2.05) is 32.6 Å². The largest absolute Gasteiger partial charge is 0.379 e. The van der Waals surface area contributed by atoms with Gasteiger partial charge in [0.25, 0.3) is 0 Å². The third-order valence-electron chi connectivity index (χ3n) is 4.98. The van der Waals surface area contributed by atoms with Gasteiger partial charge in [-0.2, -0.15) is 0 Å². The summed E-state index contributed by atoms with van der Waals surface area (Å²) in [7, 11) is 0. The summed E-state index contributed by atoms with van der Waals surface area (Å²) in [6.45, 7) is 9.08. The number of ether oxygens (including phenoxy) is 1. The number of carbonyl (C=O) groups is 2. The predicted molar refractivity (Wildman–Crippen MR) is 76.2 cm³/mol. The van der Waals surface area contributed by atoms with Crippen molar-refractivity contribution < 1.29 is 14.3 Å². The lowest BCUT2D eigenvalue weighted by molar-refractivity contribution is -0.163. The Balaban J connectivity index is 2.42. The highest BCUT2D eigenvalue weighted by Gasteiger charge is 2.54. The maximum Gasteiger partial charge on any atom is 0.249 e. The van der Waals surface area contributed by atoms with Crippen LogP contribution >= 0.6 is 0 Å². The van der Waals surface area contributed by atoms with Crippen LogP contribution in [0, 0.1) is 0 Å². The van der Waals surface area contributed by atoms with Crippen LogP contribution in [0.1, 0.15) is 53.4 Å². The van der Waals surface area contributed by atoms with Crippen molar-refractivity contribution in [3.05, 3.63) is 0 Å². The number of rotatable bonds is 4. The number of nitrogens with zero attached hydrogens (tertiary/aromatic N) is 1. The number of nitrogens with one attached hydrogen (secondary N) is 1. The molecule has 2 atom stereocenters. The van der Waals surface area contributed by atoms with Gasteiger partial charge in [0.05, 0.1) is 12.1 Å². The monoisotopic (exact) mass is 282 g/mol. The topological polar surface area (TPSA) is 58.6 Å². The highest BCUT2D eigenvalue weighted by atomic mass is 16.5. The number of hydrogen-bond acceptors (Lipinski definition) is 3. The van der Waals surface area contributed by atoms with Crippen LogP contribution in [0.2, 0.25) is 0 Å². The summed E-state index contributed by atoms with van der Waals surface area (Å²) in [4.78, 5) is 27.4. The molecule has 5 nitrogen and oxygen atoms in total. The molecule has 2 saturated heterocycles. The van der Waals surface area contributed by atoms with Gasteiger partial charge < -0.3 is 15.0 Å². The van der Waals surface area contributed by atoms with Crippen molar-refractivity contribution in [2.24, 2.45) is 0 Å². The molecule has 2 aliphatic rings. The lowest BCUT2D eigenvalue weighted by Crippen LogP contribution is -2.74. The van der Waals surface area contributed by atoms with Crippen LogP contribution in [0.4, 0.5) is 0 Å². The molecule has 0 aromatic heterocycles. The molecule has 0 radical (unpaired) electrons. The fourth-order valence-corrected chi connectivity index (χ4v) is 3.43. The third-order valence-corrected chi connectivity index (χ3v) is 4.98.